The van der Waals surface area contributed by atoms with Gasteiger partial charge in [0.2, 0.25) is 5.91 Å². The van der Waals surface area contributed by atoms with Crippen molar-refractivity contribution in [1.29, 1.82) is 0 Å². The minimum absolute atomic E-state index is 0.289. The lowest BCUT2D eigenvalue weighted by molar-refractivity contribution is -0.126. The molecule has 4 nitrogen and oxygen atoms in total. The molecule has 1 N–H and O–H groups in total. The van der Waals surface area contributed by atoms with E-state index in [1.54, 1.807) is 6.92 Å². The van der Waals surface area contributed by atoms with Gasteiger partial charge in [-0.15, -0.1) is 0 Å². The number of hydrogen-bond donors (Lipinski definition) is 1. The van der Waals surface area contributed by atoms with Gasteiger partial charge in [-0.2, -0.15) is 0 Å². The molecule has 10 heavy (non-hydrogen) atoms. The second-order valence-electron chi connectivity index (χ2n) is 1.73. The van der Waals surface area contributed by atoms with Gasteiger partial charge in [0, 0.05) is 20.5 Å². The Morgan fingerprint density at radius 1 is 1.60 bits per heavy atom. The fourth-order valence-electron chi connectivity index (χ4n) is 0.439. The summed E-state index contributed by atoms with van der Waals surface area (Å²) in [7, 11) is 4.70. The molecule has 0 aromatic rings. The summed E-state index contributed by atoms with van der Waals surface area (Å²) in [6.45, 7) is 1.67. The summed E-state index contributed by atoms with van der Waals surface area (Å²) in [6, 6.07) is -0.480. The van der Waals surface area contributed by atoms with Gasteiger partial charge in [0.05, 0.1) is 0 Å². The van der Waals surface area contributed by atoms with E-state index in [0.717, 1.165) is 4.90 Å². The van der Waals surface area contributed by atoms with Crippen LogP contribution in [0.1, 0.15) is 13.3 Å². The zero-order chi connectivity index (χ0) is 8.15. The van der Waals surface area contributed by atoms with Gasteiger partial charge >= 0.3 is 6.03 Å². The van der Waals surface area contributed by atoms with E-state index in [1.165, 1.54) is 7.05 Å². The van der Waals surface area contributed by atoms with Crippen molar-refractivity contribution in [3.63, 3.8) is 0 Å². The molecule has 0 spiro atoms. The molecule has 0 saturated heterocycles. The van der Waals surface area contributed by atoms with Crippen molar-refractivity contribution in [2.45, 2.75) is 13.3 Å². The van der Waals surface area contributed by atoms with Crippen LogP contribution >= 0.6 is 0 Å². The lowest BCUT2D eigenvalue weighted by atomic mass is 10.4. The van der Waals surface area contributed by atoms with Gasteiger partial charge in [0.1, 0.15) is 0 Å². The van der Waals surface area contributed by atoms with Gasteiger partial charge in [-0.1, -0.05) is 6.92 Å². The van der Waals surface area contributed by atoms with Crippen LogP contribution in [0.5, 0.6) is 0 Å². The average molecular weight is 143 g/mol. The second-order valence-corrected chi connectivity index (χ2v) is 1.73. The van der Waals surface area contributed by atoms with E-state index in [4.69, 9.17) is 0 Å². The fourth-order valence-corrected chi connectivity index (χ4v) is 0.439. The van der Waals surface area contributed by atoms with Crippen LogP contribution in [0.15, 0.2) is 0 Å². The standard InChI is InChI=1S/C6H11N2O2/c1-4-5(9)8(3)6(10)7-2/h3-4H2,1-2H3,(H,7,10). The summed E-state index contributed by atoms with van der Waals surface area (Å²) in [4.78, 5) is 22.2. The highest BCUT2D eigenvalue weighted by Gasteiger charge is 2.11. The molecule has 0 bridgehead atoms. The largest absolute Gasteiger partial charge is 0.341 e. The van der Waals surface area contributed by atoms with E-state index >= 15 is 0 Å². The van der Waals surface area contributed by atoms with E-state index in [0.29, 0.717) is 0 Å². The van der Waals surface area contributed by atoms with E-state index in [9.17, 15) is 9.59 Å². The molecule has 0 aromatic heterocycles. The number of hydrogen-bond acceptors (Lipinski definition) is 2. The SMILES string of the molecule is [CH2]N(C(=O)CC)C(=O)NC. The first-order chi connectivity index (χ1) is 4.63. The molecular formula is C6H11N2O2. The van der Waals surface area contributed by atoms with Crippen LogP contribution < -0.4 is 5.32 Å². The minimum Gasteiger partial charge on any atom is -0.341 e. The maximum absolute atomic E-state index is 10.7. The van der Waals surface area contributed by atoms with Gasteiger partial charge in [0.15, 0.2) is 0 Å². The molecule has 0 rings (SSSR count). The number of carbonyl (C=O) groups excluding carboxylic acids is 2. The Kier molecular flexibility index (Phi) is 3.46. The molecule has 0 aliphatic rings. The van der Waals surface area contributed by atoms with E-state index in [1.807, 2.05) is 0 Å². The Morgan fingerprint density at radius 3 is 2.40 bits per heavy atom. The van der Waals surface area contributed by atoms with Crippen LogP contribution in [0.4, 0.5) is 4.79 Å². The fraction of sp³-hybridized carbons (Fsp3) is 0.500. The molecule has 0 aromatic carbocycles. The first-order valence-corrected chi connectivity index (χ1v) is 2.98. The van der Waals surface area contributed by atoms with Gasteiger partial charge in [0.25, 0.3) is 0 Å². The molecule has 3 amide bonds. The third-order valence-electron chi connectivity index (χ3n) is 1.06. The van der Waals surface area contributed by atoms with Crippen LogP contribution in [0.25, 0.3) is 0 Å². The van der Waals surface area contributed by atoms with Crippen molar-refractivity contribution >= 4 is 11.9 Å². The summed E-state index contributed by atoms with van der Waals surface area (Å²) >= 11 is 0. The third kappa shape index (κ3) is 2.05. The molecule has 0 aliphatic carbocycles. The monoisotopic (exact) mass is 143 g/mol. The number of nitrogens with zero attached hydrogens (tertiary/aromatic N) is 1. The normalized spacial score (nSPS) is 8.70. The van der Waals surface area contributed by atoms with Crippen LogP contribution in [0, 0.1) is 7.05 Å². The molecule has 57 valence electrons. The highest BCUT2D eigenvalue weighted by molar-refractivity contribution is 5.94. The Hall–Kier alpha value is -1.06. The summed E-state index contributed by atoms with van der Waals surface area (Å²) in [5, 5.41) is 2.28. The molecule has 0 saturated carbocycles. The average Bonchev–Trinajstić information content (AvgIpc) is 2.00. The van der Waals surface area contributed by atoms with Crippen molar-refractivity contribution in [3.8, 4) is 0 Å². The Morgan fingerprint density at radius 2 is 2.10 bits per heavy atom. The van der Waals surface area contributed by atoms with E-state index in [-0.39, 0.29) is 12.3 Å². The molecule has 0 heterocycles. The Balaban J connectivity index is 3.94. The van der Waals surface area contributed by atoms with Crippen LogP contribution in [0.3, 0.4) is 0 Å². The highest BCUT2D eigenvalue weighted by atomic mass is 16.2. The molecule has 1 radical (unpaired) electrons. The maximum atomic E-state index is 10.7. The van der Waals surface area contributed by atoms with Gasteiger partial charge < -0.3 is 5.32 Å². The van der Waals surface area contributed by atoms with Crippen molar-refractivity contribution in [3.05, 3.63) is 7.05 Å². The molecule has 0 unspecified atom stereocenters. The Labute approximate surface area is 60.2 Å². The lowest BCUT2D eigenvalue weighted by Crippen LogP contribution is -2.37. The predicted molar refractivity (Wildman–Crippen MR) is 36.9 cm³/mol. The summed E-state index contributed by atoms with van der Waals surface area (Å²) in [5.74, 6) is -0.292. The zero-order valence-corrected chi connectivity index (χ0v) is 6.18. The van der Waals surface area contributed by atoms with Crippen LogP contribution in [0.2, 0.25) is 0 Å². The first-order valence-electron chi connectivity index (χ1n) is 2.98. The minimum atomic E-state index is -0.480. The number of amides is 3. The topological polar surface area (TPSA) is 49.4 Å². The number of rotatable bonds is 1. The molecule has 0 aliphatic heterocycles. The number of urea groups is 1. The van der Waals surface area contributed by atoms with Crippen molar-refractivity contribution in [1.82, 2.24) is 10.2 Å². The van der Waals surface area contributed by atoms with Crippen molar-refractivity contribution < 1.29 is 9.59 Å². The molecule has 0 fully saturated rings. The predicted octanol–water partition coefficient (Wildman–Crippen LogP) is 0.356. The lowest BCUT2D eigenvalue weighted by Gasteiger charge is -2.12. The Bertz CT molecular complexity index is 129. The zero-order valence-electron chi connectivity index (χ0n) is 6.18. The maximum Gasteiger partial charge on any atom is 0.323 e. The second kappa shape index (κ2) is 3.87. The summed E-state index contributed by atoms with van der Waals surface area (Å²) in [6.07, 6.45) is 0.289. The third-order valence-corrected chi connectivity index (χ3v) is 1.06. The van der Waals surface area contributed by atoms with Crippen LogP contribution in [-0.2, 0) is 4.79 Å². The summed E-state index contributed by atoms with van der Waals surface area (Å²) in [5.41, 5.74) is 0. The number of imide groups is 1. The smallest absolute Gasteiger partial charge is 0.323 e. The number of carbonyl (C=O) groups is 2. The molecule has 0 atom stereocenters. The number of nitrogens with one attached hydrogen (secondary N) is 1. The van der Waals surface area contributed by atoms with E-state index < -0.39 is 6.03 Å². The molecular weight excluding hydrogens is 132 g/mol. The first kappa shape index (κ1) is 8.94. The molecule has 4 heteroatoms. The quantitative estimate of drug-likeness (QED) is 0.576. The van der Waals surface area contributed by atoms with E-state index in [2.05, 4.69) is 12.4 Å². The van der Waals surface area contributed by atoms with Gasteiger partial charge in [-0.3, -0.25) is 9.69 Å². The van der Waals surface area contributed by atoms with Gasteiger partial charge in [-0.25, -0.2) is 4.79 Å². The van der Waals surface area contributed by atoms with Gasteiger partial charge in [-0.05, 0) is 0 Å². The van der Waals surface area contributed by atoms with Crippen molar-refractivity contribution in [2.24, 2.45) is 0 Å². The summed E-state index contributed by atoms with van der Waals surface area (Å²) < 4.78 is 0. The highest BCUT2D eigenvalue weighted by Crippen LogP contribution is 1.90. The van der Waals surface area contributed by atoms with Crippen LogP contribution in [-0.4, -0.2) is 23.9 Å². The van der Waals surface area contributed by atoms with Crippen molar-refractivity contribution in [2.75, 3.05) is 7.05 Å².